The summed E-state index contributed by atoms with van der Waals surface area (Å²) < 4.78 is 0. The van der Waals surface area contributed by atoms with E-state index in [-0.39, 0.29) is 6.04 Å². The van der Waals surface area contributed by atoms with E-state index in [1.54, 1.807) is 6.20 Å². The van der Waals surface area contributed by atoms with Gasteiger partial charge in [-0.15, -0.1) is 5.10 Å². The monoisotopic (exact) mass is 287 g/mol. The number of nitrogens with two attached hydrogens (primary N) is 1. The van der Waals surface area contributed by atoms with Crippen molar-refractivity contribution in [3.05, 3.63) is 46.9 Å². The number of pyridine rings is 1. The van der Waals surface area contributed by atoms with Crippen molar-refractivity contribution < 1.29 is 0 Å². The standard InChI is InChI=1S/C14H17N5S/c1-8-9(2)18-19-14(12(8)13(15)20)17-10(3)11-6-4-5-7-16-11/h4-7,10H,1-3H3,(H2,15,20)(H,17,19). The zero-order valence-corrected chi connectivity index (χ0v) is 12.5. The SMILES string of the molecule is Cc1nnc(NC(C)c2ccccn2)c(C(N)=S)c1C. The fourth-order valence-corrected chi connectivity index (χ4v) is 2.17. The Labute approximate surface area is 123 Å². The van der Waals surface area contributed by atoms with Gasteiger partial charge in [0, 0.05) is 6.20 Å². The number of anilines is 1. The van der Waals surface area contributed by atoms with Gasteiger partial charge in [-0.05, 0) is 38.5 Å². The van der Waals surface area contributed by atoms with Gasteiger partial charge in [-0.25, -0.2) is 0 Å². The minimum absolute atomic E-state index is 0.0132. The average Bonchev–Trinajstić information content (AvgIpc) is 2.43. The summed E-state index contributed by atoms with van der Waals surface area (Å²) >= 11 is 5.12. The van der Waals surface area contributed by atoms with E-state index < -0.39 is 0 Å². The van der Waals surface area contributed by atoms with Crippen LogP contribution in [0.15, 0.2) is 24.4 Å². The highest BCUT2D eigenvalue weighted by atomic mass is 32.1. The number of hydrogen-bond donors (Lipinski definition) is 2. The Balaban J connectivity index is 2.35. The van der Waals surface area contributed by atoms with Gasteiger partial charge in [-0.1, -0.05) is 18.3 Å². The number of thiocarbonyl (C=S) groups is 1. The summed E-state index contributed by atoms with van der Waals surface area (Å²) in [6.07, 6.45) is 1.76. The van der Waals surface area contributed by atoms with Crippen molar-refractivity contribution in [1.29, 1.82) is 0 Å². The molecule has 2 aromatic rings. The summed E-state index contributed by atoms with van der Waals surface area (Å²) in [5, 5.41) is 11.6. The second-order valence-corrected chi connectivity index (χ2v) is 5.06. The molecular weight excluding hydrogens is 270 g/mol. The van der Waals surface area contributed by atoms with Gasteiger partial charge >= 0.3 is 0 Å². The number of nitrogens with one attached hydrogen (secondary N) is 1. The summed E-state index contributed by atoms with van der Waals surface area (Å²) in [6, 6.07) is 5.76. The first-order valence-electron chi connectivity index (χ1n) is 6.32. The molecule has 20 heavy (non-hydrogen) atoms. The fraction of sp³-hybridized carbons (Fsp3) is 0.286. The minimum Gasteiger partial charge on any atom is -0.389 e. The third-order valence-electron chi connectivity index (χ3n) is 3.19. The van der Waals surface area contributed by atoms with E-state index in [0.29, 0.717) is 10.8 Å². The fourth-order valence-electron chi connectivity index (χ4n) is 1.92. The molecule has 0 amide bonds. The van der Waals surface area contributed by atoms with Gasteiger partial charge in [0.15, 0.2) is 5.82 Å². The Morgan fingerprint density at radius 1 is 1.30 bits per heavy atom. The molecule has 0 aliphatic heterocycles. The smallest absolute Gasteiger partial charge is 0.159 e. The lowest BCUT2D eigenvalue weighted by molar-refractivity contribution is 0.817. The van der Waals surface area contributed by atoms with Gasteiger partial charge in [-0.3, -0.25) is 4.98 Å². The van der Waals surface area contributed by atoms with E-state index in [9.17, 15) is 0 Å². The maximum Gasteiger partial charge on any atom is 0.159 e. The van der Waals surface area contributed by atoms with Crippen LogP contribution in [0.25, 0.3) is 0 Å². The number of aromatic nitrogens is 3. The molecule has 104 valence electrons. The molecule has 1 unspecified atom stereocenters. The van der Waals surface area contributed by atoms with Crippen LogP contribution in [-0.2, 0) is 0 Å². The highest BCUT2D eigenvalue weighted by molar-refractivity contribution is 7.80. The lowest BCUT2D eigenvalue weighted by Crippen LogP contribution is -2.19. The van der Waals surface area contributed by atoms with E-state index in [4.69, 9.17) is 18.0 Å². The van der Waals surface area contributed by atoms with Gasteiger partial charge in [0.1, 0.15) is 4.99 Å². The van der Waals surface area contributed by atoms with Crippen LogP contribution < -0.4 is 11.1 Å². The molecule has 0 aliphatic carbocycles. The Hall–Kier alpha value is -2.08. The van der Waals surface area contributed by atoms with Crippen LogP contribution in [0.5, 0.6) is 0 Å². The van der Waals surface area contributed by atoms with E-state index in [0.717, 1.165) is 22.5 Å². The molecule has 0 spiro atoms. The maximum absolute atomic E-state index is 5.81. The summed E-state index contributed by atoms with van der Waals surface area (Å²) in [4.78, 5) is 4.63. The topological polar surface area (TPSA) is 76.7 Å². The highest BCUT2D eigenvalue weighted by Gasteiger charge is 2.16. The zero-order valence-electron chi connectivity index (χ0n) is 11.7. The van der Waals surface area contributed by atoms with E-state index in [1.807, 2.05) is 39.0 Å². The molecule has 0 fully saturated rings. The predicted molar refractivity (Wildman–Crippen MR) is 83.7 cm³/mol. The van der Waals surface area contributed by atoms with Crippen molar-refractivity contribution in [3.63, 3.8) is 0 Å². The molecule has 2 heterocycles. The van der Waals surface area contributed by atoms with E-state index in [2.05, 4.69) is 20.5 Å². The highest BCUT2D eigenvalue weighted by Crippen LogP contribution is 2.22. The number of aryl methyl sites for hydroxylation is 1. The minimum atomic E-state index is -0.0132. The van der Waals surface area contributed by atoms with Crippen molar-refractivity contribution in [1.82, 2.24) is 15.2 Å². The van der Waals surface area contributed by atoms with Crippen molar-refractivity contribution in [3.8, 4) is 0 Å². The number of rotatable bonds is 4. The first-order valence-corrected chi connectivity index (χ1v) is 6.72. The Kier molecular flexibility index (Phi) is 4.24. The van der Waals surface area contributed by atoms with Crippen LogP contribution in [0.4, 0.5) is 5.82 Å². The van der Waals surface area contributed by atoms with Gasteiger partial charge in [0.05, 0.1) is 23.0 Å². The molecule has 5 nitrogen and oxygen atoms in total. The third-order valence-corrected chi connectivity index (χ3v) is 3.39. The molecule has 6 heteroatoms. The molecule has 3 N–H and O–H groups in total. The predicted octanol–water partition coefficient (Wildman–Crippen LogP) is 2.30. The summed E-state index contributed by atoms with van der Waals surface area (Å²) in [6.45, 7) is 5.83. The molecule has 2 rings (SSSR count). The van der Waals surface area contributed by atoms with Crippen LogP contribution in [0, 0.1) is 13.8 Å². The largest absolute Gasteiger partial charge is 0.389 e. The third kappa shape index (κ3) is 2.91. The lowest BCUT2D eigenvalue weighted by atomic mass is 10.1. The lowest BCUT2D eigenvalue weighted by Gasteiger charge is -2.17. The molecule has 0 aliphatic rings. The Morgan fingerprint density at radius 2 is 2.05 bits per heavy atom. The van der Waals surface area contributed by atoms with E-state index >= 15 is 0 Å². The summed E-state index contributed by atoms with van der Waals surface area (Å²) in [5.41, 5.74) is 9.24. The quantitative estimate of drug-likeness (QED) is 0.840. The van der Waals surface area contributed by atoms with Crippen molar-refractivity contribution in [2.45, 2.75) is 26.8 Å². The Bertz CT molecular complexity index is 627. The zero-order chi connectivity index (χ0) is 14.7. The van der Waals surface area contributed by atoms with Crippen molar-refractivity contribution in [2.75, 3.05) is 5.32 Å². The maximum atomic E-state index is 5.81. The average molecular weight is 287 g/mol. The Morgan fingerprint density at radius 3 is 2.65 bits per heavy atom. The second-order valence-electron chi connectivity index (χ2n) is 4.62. The molecule has 0 saturated heterocycles. The van der Waals surface area contributed by atoms with Gasteiger partial charge < -0.3 is 11.1 Å². The molecule has 0 aromatic carbocycles. The number of nitrogens with zero attached hydrogens (tertiary/aromatic N) is 3. The van der Waals surface area contributed by atoms with Gasteiger partial charge in [-0.2, -0.15) is 5.10 Å². The summed E-state index contributed by atoms with van der Waals surface area (Å²) in [7, 11) is 0. The molecule has 0 bridgehead atoms. The molecule has 2 aromatic heterocycles. The van der Waals surface area contributed by atoms with Crippen molar-refractivity contribution >= 4 is 23.0 Å². The first-order chi connectivity index (χ1) is 9.50. The normalized spacial score (nSPS) is 11.9. The van der Waals surface area contributed by atoms with Crippen LogP contribution in [-0.4, -0.2) is 20.2 Å². The first kappa shape index (κ1) is 14.3. The second kappa shape index (κ2) is 5.92. The van der Waals surface area contributed by atoms with Crippen LogP contribution in [0.2, 0.25) is 0 Å². The van der Waals surface area contributed by atoms with Crippen LogP contribution >= 0.6 is 12.2 Å². The molecular formula is C14H17N5S. The van der Waals surface area contributed by atoms with Crippen LogP contribution in [0.3, 0.4) is 0 Å². The van der Waals surface area contributed by atoms with Gasteiger partial charge in [0.25, 0.3) is 0 Å². The number of hydrogen-bond acceptors (Lipinski definition) is 5. The van der Waals surface area contributed by atoms with E-state index in [1.165, 1.54) is 0 Å². The van der Waals surface area contributed by atoms with Gasteiger partial charge in [0.2, 0.25) is 0 Å². The van der Waals surface area contributed by atoms with Crippen LogP contribution in [0.1, 0.15) is 35.5 Å². The molecule has 0 saturated carbocycles. The summed E-state index contributed by atoms with van der Waals surface area (Å²) in [5.74, 6) is 0.596. The van der Waals surface area contributed by atoms with Crippen molar-refractivity contribution in [2.24, 2.45) is 5.73 Å². The molecule has 1 atom stereocenters. The molecule has 0 radical (unpaired) electrons.